The molecule has 12 heteroatoms. The summed E-state index contributed by atoms with van der Waals surface area (Å²) >= 11 is 0. The van der Waals surface area contributed by atoms with Crippen molar-refractivity contribution in [1.29, 1.82) is 0 Å². The molecule has 0 aliphatic rings. The standard InChI is InChI=1S/C58H109O11P/c1-4-7-10-13-16-19-21-23-25-26-27-28-30-32-34-37-40-43-46-49-58(62)69-55(51-65-56(60)47-44-41-38-36-33-31-29-24-22-20-17-14-11-8-5-2)53-67-70(63,64)66-52-54(50-59)68-57(61)48-45-42-39-35-18-15-12-9-6-3/h17,20,24,29,54-55,59H,4-16,18-19,21-23,25-28,30-53H2,1-3H3,(H,63,64)/b20-17-,29-24-. The molecule has 3 atom stereocenters. The first-order chi connectivity index (χ1) is 34.2. The van der Waals surface area contributed by atoms with Gasteiger partial charge >= 0.3 is 25.7 Å². The average Bonchev–Trinajstić information content (AvgIpc) is 3.35. The van der Waals surface area contributed by atoms with E-state index in [9.17, 15) is 28.9 Å². The molecule has 412 valence electrons. The molecule has 0 aromatic carbocycles. The molecule has 0 aromatic rings. The molecule has 0 rings (SSSR count). The van der Waals surface area contributed by atoms with Gasteiger partial charge in [-0.1, -0.05) is 244 Å². The van der Waals surface area contributed by atoms with Crippen LogP contribution in [0.15, 0.2) is 24.3 Å². The zero-order chi connectivity index (χ0) is 51.3. The second kappa shape index (κ2) is 53.3. The number of aliphatic hydroxyl groups is 1. The van der Waals surface area contributed by atoms with Crippen LogP contribution in [0.5, 0.6) is 0 Å². The van der Waals surface area contributed by atoms with Crippen molar-refractivity contribution in [3.8, 4) is 0 Å². The van der Waals surface area contributed by atoms with E-state index >= 15 is 0 Å². The monoisotopic (exact) mass is 1010 g/mol. The number of carbonyl (C=O) groups is 3. The Balaban J connectivity index is 4.67. The van der Waals surface area contributed by atoms with Crippen molar-refractivity contribution >= 4 is 25.7 Å². The molecule has 0 heterocycles. The van der Waals surface area contributed by atoms with E-state index < -0.39 is 57.8 Å². The lowest BCUT2D eigenvalue weighted by atomic mass is 10.0. The van der Waals surface area contributed by atoms with Gasteiger partial charge in [0.15, 0.2) is 6.10 Å². The van der Waals surface area contributed by atoms with Crippen molar-refractivity contribution in [1.82, 2.24) is 0 Å². The minimum absolute atomic E-state index is 0.172. The summed E-state index contributed by atoms with van der Waals surface area (Å²) in [4.78, 5) is 48.4. The second-order valence-electron chi connectivity index (χ2n) is 19.8. The summed E-state index contributed by atoms with van der Waals surface area (Å²) in [6.07, 6.45) is 52.9. The molecule has 70 heavy (non-hydrogen) atoms. The largest absolute Gasteiger partial charge is 0.472 e. The Labute approximate surface area is 429 Å². The Bertz CT molecular complexity index is 1270. The van der Waals surface area contributed by atoms with Crippen LogP contribution in [0.4, 0.5) is 0 Å². The maximum Gasteiger partial charge on any atom is 0.472 e. The van der Waals surface area contributed by atoms with Crippen LogP contribution in [-0.4, -0.2) is 66.5 Å². The third-order valence-electron chi connectivity index (χ3n) is 12.9. The molecule has 3 unspecified atom stereocenters. The van der Waals surface area contributed by atoms with Crippen LogP contribution in [0.1, 0.15) is 290 Å². The van der Waals surface area contributed by atoms with E-state index in [1.54, 1.807) is 0 Å². The van der Waals surface area contributed by atoms with Crippen molar-refractivity contribution < 1.29 is 52.2 Å². The average molecular weight is 1010 g/mol. The first-order valence-electron chi connectivity index (χ1n) is 29.2. The van der Waals surface area contributed by atoms with Gasteiger partial charge in [0.25, 0.3) is 0 Å². The van der Waals surface area contributed by atoms with Gasteiger partial charge in [0.1, 0.15) is 12.7 Å². The normalized spacial score (nSPS) is 13.5. The molecule has 0 radical (unpaired) electrons. The van der Waals surface area contributed by atoms with E-state index in [1.165, 1.54) is 148 Å². The van der Waals surface area contributed by atoms with Gasteiger partial charge in [-0.3, -0.25) is 23.4 Å². The van der Waals surface area contributed by atoms with Gasteiger partial charge < -0.3 is 24.2 Å². The summed E-state index contributed by atoms with van der Waals surface area (Å²) in [5.74, 6) is -1.46. The quantitative estimate of drug-likeness (QED) is 0.0197. The second-order valence-corrected chi connectivity index (χ2v) is 21.3. The van der Waals surface area contributed by atoms with Gasteiger partial charge in [0.05, 0.1) is 19.8 Å². The molecular weight excluding hydrogens is 904 g/mol. The number of allylic oxidation sites excluding steroid dienone is 4. The molecule has 0 bridgehead atoms. The molecule has 0 amide bonds. The molecule has 2 N–H and O–H groups in total. The Kier molecular flexibility index (Phi) is 51.7. The third kappa shape index (κ3) is 50.9. The highest BCUT2D eigenvalue weighted by Crippen LogP contribution is 2.43. The summed E-state index contributed by atoms with van der Waals surface area (Å²) in [7, 11) is -4.74. The molecule has 0 saturated heterocycles. The van der Waals surface area contributed by atoms with Crippen molar-refractivity contribution in [2.24, 2.45) is 0 Å². The Hall–Kier alpha value is -2.04. The van der Waals surface area contributed by atoms with E-state index in [-0.39, 0.29) is 25.9 Å². The zero-order valence-electron chi connectivity index (χ0n) is 45.5. The number of phosphoric acid groups is 1. The number of carbonyl (C=O) groups excluding carboxylic acids is 3. The molecular formula is C58H109O11P. The number of rotatable bonds is 55. The minimum Gasteiger partial charge on any atom is -0.462 e. The summed E-state index contributed by atoms with van der Waals surface area (Å²) < 4.78 is 39.5. The number of unbranched alkanes of at least 4 members (excludes halogenated alkanes) is 34. The zero-order valence-corrected chi connectivity index (χ0v) is 46.4. The summed E-state index contributed by atoms with van der Waals surface area (Å²) in [6.45, 7) is 4.63. The van der Waals surface area contributed by atoms with Crippen LogP contribution in [0.3, 0.4) is 0 Å². The van der Waals surface area contributed by atoms with E-state index in [4.69, 9.17) is 23.3 Å². The first kappa shape index (κ1) is 68.0. The van der Waals surface area contributed by atoms with E-state index in [1.807, 2.05) is 0 Å². The fourth-order valence-corrected chi connectivity index (χ4v) is 9.17. The number of ether oxygens (including phenoxy) is 3. The number of esters is 3. The Morgan fingerprint density at radius 1 is 0.400 bits per heavy atom. The highest BCUT2D eigenvalue weighted by molar-refractivity contribution is 7.47. The summed E-state index contributed by atoms with van der Waals surface area (Å²) in [6, 6.07) is 0. The minimum atomic E-state index is -4.74. The SMILES string of the molecule is CCCCC/C=C\C/C=C\CCCCCCCC(=O)OCC(COP(=O)(O)OCC(CO)OC(=O)CCCCCCCCCCC)OC(=O)CCCCCCCCCCCCCCCCCCCCC. The predicted molar refractivity (Wildman–Crippen MR) is 289 cm³/mol. The topological polar surface area (TPSA) is 155 Å². The fraction of sp³-hybridized carbons (Fsp3) is 0.879. The van der Waals surface area contributed by atoms with E-state index in [0.29, 0.717) is 19.3 Å². The lowest BCUT2D eigenvalue weighted by Gasteiger charge is -2.21. The summed E-state index contributed by atoms with van der Waals surface area (Å²) in [5.41, 5.74) is 0. The van der Waals surface area contributed by atoms with E-state index in [2.05, 4.69) is 45.1 Å². The first-order valence-corrected chi connectivity index (χ1v) is 30.7. The lowest BCUT2D eigenvalue weighted by molar-refractivity contribution is -0.161. The van der Waals surface area contributed by atoms with Crippen molar-refractivity contribution in [2.75, 3.05) is 26.4 Å². The predicted octanol–water partition coefficient (Wildman–Crippen LogP) is 17.0. The van der Waals surface area contributed by atoms with Crippen molar-refractivity contribution in [2.45, 2.75) is 303 Å². The van der Waals surface area contributed by atoms with Crippen LogP contribution in [0.25, 0.3) is 0 Å². The molecule has 0 saturated carbocycles. The number of phosphoric ester groups is 1. The Morgan fingerprint density at radius 2 is 0.700 bits per heavy atom. The molecule has 0 fully saturated rings. The third-order valence-corrected chi connectivity index (χ3v) is 13.8. The number of hydrogen-bond acceptors (Lipinski definition) is 10. The molecule has 0 spiro atoms. The highest BCUT2D eigenvalue weighted by Gasteiger charge is 2.28. The highest BCUT2D eigenvalue weighted by atomic mass is 31.2. The molecule has 0 aliphatic carbocycles. The molecule has 11 nitrogen and oxygen atoms in total. The summed E-state index contributed by atoms with van der Waals surface area (Å²) in [5, 5.41) is 9.77. The Morgan fingerprint density at radius 3 is 1.09 bits per heavy atom. The van der Waals surface area contributed by atoms with Crippen LogP contribution < -0.4 is 0 Å². The van der Waals surface area contributed by atoms with E-state index in [0.717, 1.165) is 83.5 Å². The van der Waals surface area contributed by atoms with Crippen molar-refractivity contribution in [3.05, 3.63) is 24.3 Å². The van der Waals surface area contributed by atoms with Crippen LogP contribution in [0.2, 0.25) is 0 Å². The maximum absolute atomic E-state index is 12.9. The van der Waals surface area contributed by atoms with Gasteiger partial charge in [-0.25, -0.2) is 4.57 Å². The van der Waals surface area contributed by atoms with Crippen LogP contribution in [-0.2, 0) is 42.2 Å². The van der Waals surface area contributed by atoms with Gasteiger partial charge in [-0.15, -0.1) is 0 Å². The van der Waals surface area contributed by atoms with Gasteiger partial charge in [-0.05, 0) is 51.4 Å². The number of hydrogen-bond donors (Lipinski definition) is 2. The maximum atomic E-state index is 12.9. The molecule has 0 aliphatic heterocycles. The molecule has 0 aromatic heterocycles. The van der Waals surface area contributed by atoms with Gasteiger partial charge in [0.2, 0.25) is 0 Å². The van der Waals surface area contributed by atoms with Gasteiger partial charge in [0, 0.05) is 19.3 Å². The number of aliphatic hydroxyl groups excluding tert-OH is 1. The van der Waals surface area contributed by atoms with Crippen molar-refractivity contribution in [3.63, 3.8) is 0 Å². The fourth-order valence-electron chi connectivity index (χ4n) is 8.39. The van der Waals surface area contributed by atoms with Gasteiger partial charge in [-0.2, -0.15) is 0 Å². The lowest BCUT2D eigenvalue weighted by Crippen LogP contribution is -2.30. The smallest absolute Gasteiger partial charge is 0.462 e. The van der Waals surface area contributed by atoms with Crippen LogP contribution >= 0.6 is 7.82 Å². The van der Waals surface area contributed by atoms with Crippen LogP contribution in [0, 0.1) is 0 Å².